The molecule has 0 aromatic carbocycles. The predicted octanol–water partition coefficient (Wildman–Crippen LogP) is 1.77. The van der Waals surface area contributed by atoms with E-state index in [0.29, 0.717) is 17.3 Å². The van der Waals surface area contributed by atoms with Crippen LogP contribution < -0.4 is 15.5 Å². The highest BCUT2D eigenvalue weighted by atomic mass is 16.1. The van der Waals surface area contributed by atoms with E-state index in [9.17, 15) is 4.79 Å². The molecule has 2 N–H and O–H groups in total. The van der Waals surface area contributed by atoms with Crippen molar-refractivity contribution in [1.82, 2.24) is 15.3 Å². The van der Waals surface area contributed by atoms with Crippen LogP contribution in [0.5, 0.6) is 0 Å². The monoisotopic (exact) mass is 311 g/mol. The Balaban J connectivity index is 1.75. The van der Waals surface area contributed by atoms with Crippen LogP contribution in [0.4, 0.5) is 11.5 Å². The average Bonchev–Trinajstić information content (AvgIpc) is 2.80. The van der Waals surface area contributed by atoms with Crippen LogP contribution in [0.25, 0.3) is 0 Å². The zero-order chi connectivity index (χ0) is 16.1. The summed E-state index contributed by atoms with van der Waals surface area (Å²) in [7, 11) is 0. The molecule has 1 unspecified atom stereocenters. The molecule has 3 rings (SSSR count). The van der Waals surface area contributed by atoms with Crippen molar-refractivity contribution in [1.29, 1.82) is 0 Å². The lowest BCUT2D eigenvalue weighted by molar-refractivity contribution is 0.102. The standard InChI is InChI=1S/C17H21N5O/c1-13-11-19-9-10-22(12-13)16-4-2-3-15(21-16)17(23)20-14-5-7-18-8-6-14/h2-8,13,19H,9-12H2,1H3,(H,18,20,23). The second-order valence-electron chi connectivity index (χ2n) is 5.83. The lowest BCUT2D eigenvalue weighted by Gasteiger charge is -2.23. The first-order valence-corrected chi connectivity index (χ1v) is 7.86. The molecule has 1 saturated heterocycles. The second-order valence-corrected chi connectivity index (χ2v) is 5.83. The number of nitrogens with one attached hydrogen (secondary N) is 2. The fourth-order valence-electron chi connectivity index (χ4n) is 2.66. The largest absolute Gasteiger partial charge is 0.355 e. The average molecular weight is 311 g/mol. The van der Waals surface area contributed by atoms with Crippen LogP contribution in [0, 0.1) is 5.92 Å². The molecule has 1 fully saturated rings. The Morgan fingerprint density at radius 2 is 2.13 bits per heavy atom. The van der Waals surface area contributed by atoms with E-state index in [1.165, 1.54) is 0 Å². The Hall–Kier alpha value is -2.47. The number of nitrogens with zero attached hydrogens (tertiary/aromatic N) is 3. The fourth-order valence-corrected chi connectivity index (χ4v) is 2.66. The topological polar surface area (TPSA) is 70.2 Å². The molecule has 0 bridgehead atoms. The molecule has 23 heavy (non-hydrogen) atoms. The van der Waals surface area contributed by atoms with Gasteiger partial charge in [-0.05, 0) is 36.7 Å². The summed E-state index contributed by atoms with van der Waals surface area (Å²) in [4.78, 5) is 23.1. The van der Waals surface area contributed by atoms with Gasteiger partial charge < -0.3 is 15.5 Å². The number of carbonyl (C=O) groups excluding carboxylic acids is 1. The molecule has 0 aliphatic carbocycles. The van der Waals surface area contributed by atoms with Gasteiger partial charge in [-0.25, -0.2) is 4.98 Å². The quantitative estimate of drug-likeness (QED) is 0.904. The minimum absolute atomic E-state index is 0.209. The molecular formula is C17H21N5O. The maximum atomic E-state index is 12.4. The number of rotatable bonds is 3. The van der Waals surface area contributed by atoms with Crippen LogP contribution >= 0.6 is 0 Å². The zero-order valence-corrected chi connectivity index (χ0v) is 13.2. The Kier molecular flexibility index (Phi) is 4.83. The maximum Gasteiger partial charge on any atom is 0.274 e. The number of anilines is 2. The van der Waals surface area contributed by atoms with E-state index >= 15 is 0 Å². The van der Waals surface area contributed by atoms with Crippen molar-refractivity contribution in [3.8, 4) is 0 Å². The van der Waals surface area contributed by atoms with Gasteiger partial charge in [0.1, 0.15) is 11.5 Å². The van der Waals surface area contributed by atoms with Crippen LogP contribution in [0.1, 0.15) is 17.4 Å². The van der Waals surface area contributed by atoms with E-state index in [4.69, 9.17) is 0 Å². The first-order valence-electron chi connectivity index (χ1n) is 7.86. The Labute approximate surface area is 135 Å². The first kappa shape index (κ1) is 15.4. The summed E-state index contributed by atoms with van der Waals surface area (Å²) in [6.45, 7) is 5.99. The van der Waals surface area contributed by atoms with Crippen molar-refractivity contribution in [2.24, 2.45) is 5.92 Å². The van der Waals surface area contributed by atoms with Crippen molar-refractivity contribution in [2.45, 2.75) is 6.92 Å². The van der Waals surface area contributed by atoms with Crippen LogP contribution in [0.2, 0.25) is 0 Å². The minimum Gasteiger partial charge on any atom is -0.355 e. The Morgan fingerprint density at radius 1 is 1.30 bits per heavy atom. The van der Waals surface area contributed by atoms with Crippen molar-refractivity contribution < 1.29 is 4.79 Å². The van der Waals surface area contributed by atoms with Gasteiger partial charge in [-0.2, -0.15) is 0 Å². The smallest absolute Gasteiger partial charge is 0.274 e. The van der Waals surface area contributed by atoms with Crippen LogP contribution in [-0.2, 0) is 0 Å². The first-order chi connectivity index (χ1) is 11.2. The number of aromatic nitrogens is 2. The van der Waals surface area contributed by atoms with Crippen molar-refractivity contribution in [3.63, 3.8) is 0 Å². The molecule has 1 aliphatic rings. The molecule has 3 heterocycles. The third kappa shape index (κ3) is 4.04. The van der Waals surface area contributed by atoms with Crippen LogP contribution in [0.3, 0.4) is 0 Å². The third-order valence-corrected chi connectivity index (χ3v) is 3.81. The maximum absolute atomic E-state index is 12.4. The normalized spacial score (nSPS) is 18.3. The Bertz CT molecular complexity index is 661. The predicted molar refractivity (Wildman–Crippen MR) is 90.7 cm³/mol. The molecule has 6 nitrogen and oxygen atoms in total. The van der Waals surface area contributed by atoms with Crippen LogP contribution in [-0.4, -0.2) is 42.1 Å². The SMILES string of the molecule is CC1CNCCN(c2cccc(C(=O)Nc3ccncc3)n2)C1. The van der Waals surface area contributed by atoms with Gasteiger partial charge >= 0.3 is 0 Å². The molecule has 0 radical (unpaired) electrons. The third-order valence-electron chi connectivity index (χ3n) is 3.81. The minimum atomic E-state index is -0.209. The molecule has 2 aromatic heterocycles. The number of carbonyl (C=O) groups is 1. The fraction of sp³-hybridized carbons (Fsp3) is 0.353. The highest BCUT2D eigenvalue weighted by molar-refractivity contribution is 6.03. The van der Waals surface area contributed by atoms with Crippen molar-refractivity contribution >= 4 is 17.4 Å². The van der Waals surface area contributed by atoms with E-state index in [0.717, 1.165) is 32.0 Å². The Morgan fingerprint density at radius 3 is 2.96 bits per heavy atom. The molecule has 1 atom stereocenters. The molecule has 6 heteroatoms. The van der Waals surface area contributed by atoms with Crippen molar-refractivity contribution in [2.75, 3.05) is 36.4 Å². The van der Waals surface area contributed by atoms with Gasteiger partial charge in [-0.15, -0.1) is 0 Å². The zero-order valence-electron chi connectivity index (χ0n) is 13.2. The lowest BCUT2D eigenvalue weighted by atomic mass is 10.2. The summed E-state index contributed by atoms with van der Waals surface area (Å²) < 4.78 is 0. The molecule has 0 saturated carbocycles. The summed E-state index contributed by atoms with van der Waals surface area (Å²) in [5.41, 5.74) is 1.13. The van der Waals surface area contributed by atoms with Crippen molar-refractivity contribution in [3.05, 3.63) is 48.4 Å². The molecule has 0 spiro atoms. The van der Waals surface area contributed by atoms with Gasteiger partial charge in [0, 0.05) is 37.7 Å². The van der Waals surface area contributed by atoms with E-state index in [-0.39, 0.29) is 5.91 Å². The van der Waals surface area contributed by atoms with Gasteiger partial charge in [0.15, 0.2) is 0 Å². The van der Waals surface area contributed by atoms with E-state index in [1.807, 2.05) is 12.1 Å². The van der Waals surface area contributed by atoms with Gasteiger partial charge in [0.25, 0.3) is 5.91 Å². The van der Waals surface area contributed by atoms with Gasteiger partial charge in [0.05, 0.1) is 0 Å². The molecular weight excluding hydrogens is 290 g/mol. The molecule has 1 aliphatic heterocycles. The summed E-state index contributed by atoms with van der Waals surface area (Å²) in [6.07, 6.45) is 3.29. The number of pyridine rings is 2. The number of hydrogen-bond donors (Lipinski definition) is 2. The van der Waals surface area contributed by atoms with E-state index in [2.05, 4.69) is 32.4 Å². The molecule has 1 amide bonds. The summed E-state index contributed by atoms with van der Waals surface area (Å²) in [5.74, 6) is 1.19. The van der Waals surface area contributed by atoms with Gasteiger partial charge in [-0.1, -0.05) is 13.0 Å². The second kappa shape index (κ2) is 7.19. The van der Waals surface area contributed by atoms with E-state index < -0.39 is 0 Å². The summed E-state index contributed by atoms with van der Waals surface area (Å²) in [6, 6.07) is 9.08. The lowest BCUT2D eigenvalue weighted by Crippen LogP contribution is -2.30. The molecule has 2 aromatic rings. The van der Waals surface area contributed by atoms with Gasteiger partial charge in [-0.3, -0.25) is 9.78 Å². The van der Waals surface area contributed by atoms with Gasteiger partial charge in [0.2, 0.25) is 0 Å². The van der Waals surface area contributed by atoms with E-state index in [1.54, 1.807) is 30.6 Å². The summed E-state index contributed by atoms with van der Waals surface area (Å²) in [5, 5.41) is 6.25. The number of amides is 1. The van der Waals surface area contributed by atoms with Crippen LogP contribution in [0.15, 0.2) is 42.7 Å². The summed E-state index contributed by atoms with van der Waals surface area (Å²) >= 11 is 0. The molecule has 120 valence electrons. The number of hydrogen-bond acceptors (Lipinski definition) is 5. The highest BCUT2D eigenvalue weighted by Gasteiger charge is 2.17. The highest BCUT2D eigenvalue weighted by Crippen LogP contribution is 2.15.